The van der Waals surface area contributed by atoms with Crippen molar-refractivity contribution >= 4 is 10.1 Å². The van der Waals surface area contributed by atoms with Gasteiger partial charge in [-0.1, -0.05) is 45.4 Å². The zero-order chi connectivity index (χ0) is 14.0. The van der Waals surface area contributed by atoms with Crippen LogP contribution >= 0.6 is 0 Å². The van der Waals surface area contributed by atoms with Gasteiger partial charge in [0.15, 0.2) is 0 Å². The van der Waals surface area contributed by atoms with Crippen LogP contribution in [0.15, 0.2) is 0 Å². The molecule has 0 amide bonds. The van der Waals surface area contributed by atoms with Crippen molar-refractivity contribution in [2.75, 3.05) is 0 Å². The second kappa shape index (κ2) is 9.75. The molecule has 2 unspecified atom stereocenters. The van der Waals surface area contributed by atoms with Gasteiger partial charge in [0.25, 0.3) is 10.1 Å². The lowest BCUT2D eigenvalue weighted by Crippen LogP contribution is -2.20. The molecule has 0 bridgehead atoms. The van der Waals surface area contributed by atoms with Crippen molar-refractivity contribution in [3.8, 4) is 0 Å². The maximum absolute atomic E-state index is 11.2. The largest absolute Gasteiger partial charge is 0.393 e. The number of hydrogen-bond donors (Lipinski definition) is 2. The fourth-order valence-electron chi connectivity index (χ4n) is 2.04. The predicted molar refractivity (Wildman–Crippen MR) is 74.2 cm³/mol. The van der Waals surface area contributed by atoms with Crippen LogP contribution in [-0.4, -0.2) is 29.4 Å². The number of rotatable bonds is 11. The van der Waals surface area contributed by atoms with Gasteiger partial charge in [-0.3, -0.25) is 4.55 Å². The average Bonchev–Trinajstić information content (AvgIpc) is 2.24. The summed E-state index contributed by atoms with van der Waals surface area (Å²) in [6.45, 7) is 3.79. The van der Waals surface area contributed by atoms with Crippen molar-refractivity contribution in [3.63, 3.8) is 0 Å². The Morgan fingerprint density at radius 3 is 1.89 bits per heavy atom. The van der Waals surface area contributed by atoms with Crippen LogP contribution in [0.3, 0.4) is 0 Å². The van der Waals surface area contributed by atoms with Crippen molar-refractivity contribution in [1.29, 1.82) is 0 Å². The zero-order valence-corrected chi connectivity index (χ0v) is 12.5. The molecule has 5 heteroatoms. The summed E-state index contributed by atoms with van der Waals surface area (Å²) in [5, 5.41) is 8.50. The van der Waals surface area contributed by atoms with E-state index in [1.807, 2.05) is 6.92 Å². The quantitative estimate of drug-likeness (QED) is 0.450. The molecule has 18 heavy (non-hydrogen) atoms. The average molecular weight is 280 g/mol. The van der Waals surface area contributed by atoms with Gasteiger partial charge in [-0.15, -0.1) is 0 Å². The molecule has 0 saturated carbocycles. The number of aliphatic hydroxyl groups is 1. The first-order chi connectivity index (χ1) is 8.38. The van der Waals surface area contributed by atoms with E-state index in [1.54, 1.807) is 6.92 Å². The topological polar surface area (TPSA) is 74.6 Å². The summed E-state index contributed by atoms with van der Waals surface area (Å²) in [7, 11) is -3.88. The first-order valence-electron chi connectivity index (χ1n) is 7.02. The molecule has 0 aromatic carbocycles. The van der Waals surface area contributed by atoms with E-state index in [0.717, 1.165) is 44.9 Å². The molecular weight excluding hydrogens is 252 g/mol. The molecule has 0 rings (SSSR count). The SMILES string of the molecule is CCCCC(CCCCCCC(C)O)S(=O)(=O)O. The Kier molecular flexibility index (Phi) is 9.68. The number of unbranched alkanes of at least 4 members (excludes halogenated alkanes) is 4. The molecule has 110 valence electrons. The highest BCUT2D eigenvalue weighted by atomic mass is 32.2. The summed E-state index contributed by atoms with van der Waals surface area (Å²) in [5.74, 6) is 0. The van der Waals surface area contributed by atoms with E-state index in [0.29, 0.717) is 12.8 Å². The molecule has 0 aromatic heterocycles. The Balaban J connectivity index is 3.77. The van der Waals surface area contributed by atoms with E-state index in [1.165, 1.54) is 0 Å². The summed E-state index contributed by atoms with van der Waals surface area (Å²) >= 11 is 0. The molecule has 0 aliphatic heterocycles. The smallest absolute Gasteiger partial charge is 0.267 e. The molecule has 2 N–H and O–H groups in total. The standard InChI is InChI=1S/C13H28O4S/c1-3-4-10-13(18(15,16)17)11-8-6-5-7-9-12(2)14/h12-14H,3-11H2,1-2H3,(H,15,16,17). The Hall–Kier alpha value is -0.130. The first kappa shape index (κ1) is 17.9. The van der Waals surface area contributed by atoms with Gasteiger partial charge in [0, 0.05) is 0 Å². The molecule has 0 radical (unpaired) electrons. The van der Waals surface area contributed by atoms with Crippen molar-refractivity contribution < 1.29 is 18.1 Å². The maximum Gasteiger partial charge on any atom is 0.267 e. The lowest BCUT2D eigenvalue weighted by Gasteiger charge is -2.13. The lowest BCUT2D eigenvalue weighted by atomic mass is 10.1. The van der Waals surface area contributed by atoms with Crippen LogP contribution < -0.4 is 0 Å². The van der Waals surface area contributed by atoms with Gasteiger partial charge < -0.3 is 5.11 Å². The summed E-state index contributed by atoms with van der Waals surface area (Å²) in [4.78, 5) is 0. The van der Waals surface area contributed by atoms with Gasteiger partial charge in [-0.2, -0.15) is 8.42 Å². The Morgan fingerprint density at radius 1 is 0.944 bits per heavy atom. The molecule has 0 fully saturated rings. The molecule has 0 spiro atoms. The van der Waals surface area contributed by atoms with E-state index in [2.05, 4.69) is 0 Å². The molecule has 2 atom stereocenters. The van der Waals surface area contributed by atoms with Crippen LogP contribution in [0.25, 0.3) is 0 Å². The fraction of sp³-hybridized carbons (Fsp3) is 1.00. The molecule has 0 heterocycles. The Morgan fingerprint density at radius 2 is 1.44 bits per heavy atom. The highest BCUT2D eigenvalue weighted by molar-refractivity contribution is 7.86. The number of hydrogen-bond acceptors (Lipinski definition) is 3. The van der Waals surface area contributed by atoms with E-state index in [9.17, 15) is 8.42 Å². The Labute approximate surface area is 112 Å². The first-order valence-corrected chi connectivity index (χ1v) is 8.52. The summed E-state index contributed by atoms with van der Waals surface area (Å²) < 4.78 is 31.5. The van der Waals surface area contributed by atoms with Crippen LogP contribution in [0.2, 0.25) is 0 Å². The van der Waals surface area contributed by atoms with Gasteiger partial charge in [0.1, 0.15) is 0 Å². The second-order valence-electron chi connectivity index (χ2n) is 5.12. The highest BCUT2D eigenvalue weighted by Gasteiger charge is 2.21. The highest BCUT2D eigenvalue weighted by Crippen LogP contribution is 2.17. The number of aliphatic hydroxyl groups excluding tert-OH is 1. The minimum absolute atomic E-state index is 0.250. The van der Waals surface area contributed by atoms with E-state index >= 15 is 0 Å². The molecule has 0 saturated heterocycles. The van der Waals surface area contributed by atoms with Gasteiger partial charge in [0.05, 0.1) is 11.4 Å². The van der Waals surface area contributed by atoms with Crippen LogP contribution in [0, 0.1) is 0 Å². The van der Waals surface area contributed by atoms with Crippen LogP contribution in [0.4, 0.5) is 0 Å². The minimum atomic E-state index is -3.88. The monoisotopic (exact) mass is 280 g/mol. The second-order valence-corrected chi connectivity index (χ2v) is 6.82. The Bertz CT molecular complexity index is 285. The van der Waals surface area contributed by atoms with Gasteiger partial charge in [0.2, 0.25) is 0 Å². The predicted octanol–water partition coefficient (Wildman–Crippen LogP) is 3.15. The van der Waals surface area contributed by atoms with Gasteiger partial charge in [-0.05, 0) is 26.2 Å². The van der Waals surface area contributed by atoms with Gasteiger partial charge >= 0.3 is 0 Å². The third-order valence-electron chi connectivity index (χ3n) is 3.20. The van der Waals surface area contributed by atoms with Crippen LogP contribution in [0.1, 0.15) is 71.6 Å². The third-order valence-corrected chi connectivity index (χ3v) is 4.51. The molecule has 4 nitrogen and oxygen atoms in total. The molecule has 0 aromatic rings. The molecule has 0 aliphatic rings. The van der Waals surface area contributed by atoms with Crippen molar-refractivity contribution in [2.24, 2.45) is 0 Å². The van der Waals surface area contributed by atoms with E-state index in [4.69, 9.17) is 9.66 Å². The zero-order valence-electron chi connectivity index (χ0n) is 11.6. The van der Waals surface area contributed by atoms with Crippen molar-refractivity contribution in [3.05, 3.63) is 0 Å². The molecular formula is C13H28O4S. The summed E-state index contributed by atoms with van der Waals surface area (Å²) in [6.07, 6.45) is 7.22. The summed E-state index contributed by atoms with van der Waals surface area (Å²) in [5.41, 5.74) is 0. The molecule has 0 aliphatic carbocycles. The van der Waals surface area contributed by atoms with E-state index < -0.39 is 15.4 Å². The van der Waals surface area contributed by atoms with Crippen molar-refractivity contribution in [1.82, 2.24) is 0 Å². The maximum atomic E-state index is 11.2. The lowest BCUT2D eigenvalue weighted by molar-refractivity contribution is 0.180. The normalized spacial score (nSPS) is 15.6. The minimum Gasteiger partial charge on any atom is -0.393 e. The van der Waals surface area contributed by atoms with Gasteiger partial charge in [-0.25, -0.2) is 0 Å². The summed E-state index contributed by atoms with van der Waals surface area (Å²) in [6, 6.07) is 0. The fourth-order valence-corrected chi connectivity index (χ4v) is 2.97. The van der Waals surface area contributed by atoms with Crippen molar-refractivity contribution in [2.45, 2.75) is 83.0 Å². The van der Waals surface area contributed by atoms with Crippen LogP contribution in [-0.2, 0) is 10.1 Å². The van der Waals surface area contributed by atoms with Crippen LogP contribution in [0.5, 0.6) is 0 Å². The third kappa shape index (κ3) is 9.85. The van der Waals surface area contributed by atoms with E-state index in [-0.39, 0.29) is 6.10 Å².